The number of rotatable bonds is 5. The Morgan fingerprint density at radius 2 is 2.14 bits per heavy atom. The highest BCUT2D eigenvalue weighted by Crippen LogP contribution is 2.38. The summed E-state index contributed by atoms with van der Waals surface area (Å²) >= 11 is 0. The number of hydrogen-bond donors (Lipinski definition) is 2. The van der Waals surface area contributed by atoms with Gasteiger partial charge in [-0.2, -0.15) is 0 Å². The smallest absolute Gasteiger partial charge is 0.120 e. The van der Waals surface area contributed by atoms with Crippen molar-refractivity contribution in [1.29, 1.82) is 0 Å². The second kappa shape index (κ2) is 7.34. The van der Waals surface area contributed by atoms with Crippen LogP contribution in [0, 0.1) is 5.92 Å². The number of H-pyrrole nitrogens is 1. The fourth-order valence-corrected chi connectivity index (χ4v) is 4.61. The third-order valence-electron chi connectivity index (χ3n) is 6.22. The van der Waals surface area contributed by atoms with Gasteiger partial charge in [0.1, 0.15) is 11.4 Å². The predicted octanol–water partition coefficient (Wildman–Crippen LogP) is 5.13. The second-order valence-electron chi connectivity index (χ2n) is 8.50. The van der Waals surface area contributed by atoms with E-state index in [-0.39, 0.29) is 5.92 Å². The van der Waals surface area contributed by atoms with E-state index in [1.807, 2.05) is 25.1 Å². The van der Waals surface area contributed by atoms with Crippen LogP contribution in [-0.2, 0) is 6.42 Å². The summed E-state index contributed by atoms with van der Waals surface area (Å²) in [6.45, 7) is 11.2. The average Bonchev–Trinajstić information content (AvgIpc) is 3.07. The van der Waals surface area contributed by atoms with E-state index in [1.165, 1.54) is 10.9 Å². The zero-order valence-corrected chi connectivity index (χ0v) is 17.8. The van der Waals surface area contributed by atoms with Crippen LogP contribution < -0.4 is 4.74 Å². The molecule has 0 bridgehead atoms. The van der Waals surface area contributed by atoms with Gasteiger partial charge in [0.15, 0.2) is 0 Å². The second-order valence-corrected chi connectivity index (χ2v) is 8.50. The van der Waals surface area contributed by atoms with Gasteiger partial charge in [-0.1, -0.05) is 26.5 Å². The van der Waals surface area contributed by atoms with Gasteiger partial charge in [0.05, 0.1) is 18.5 Å². The molecule has 0 radical (unpaired) electrons. The van der Waals surface area contributed by atoms with Crippen LogP contribution in [-0.4, -0.2) is 35.1 Å². The number of nitrogens with one attached hydrogen (secondary N) is 1. The van der Waals surface area contributed by atoms with E-state index in [0.717, 1.165) is 52.4 Å². The van der Waals surface area contributed by atoms with Crippen molar-refractivity contribution < 1.29 is 9.84 Å². The molecule has 4 heteroatoms. The summed E-state index contributed by atoms with van der Waals surface area (Å²) in [6.07, 6.45) is 6.30. The van der Waals surface area contributed by atoms with E-state index in [4.69, 9.17) is 9.73 Å². The summed E-state index contributed by atoms with van der Waals surface area (Å²) in [5.41, 5.74) is 6.67. The maximum Gasteiger partial charge on any atom is 0.120 e. The molecule has 0 amide bonds. The van der Waals surface area contributed by atoms with Gasteiger partial charge in [-0.15, -0.1) is 0 Å². The monoisotopic (exact) mass is 390 g/mol. The Hall–Kier alpha value is -2.59. The van der Waals surface area contributed by atoms with Crippen molar-refractivity contribution in [2.24, 2.45) is 10.9 Å². The van der Waals surface area contributed by atoms with Crippen molar-refractivity contribution in [2.75, 3.05) is 13.7 Å². The molecular formula is C25H30N2O2. The zero-order chi connectivity index (χ0) is 20.8. The Morgan fingerprint density at radius 1 is 1.34 bits per heavy atom. The topological polar surface area (TPSA) is 57.6 Å². The fraction of sp³-hybridized carbons (Fsp3) is 0.400. The van der Waals surface area contributed by atoms with Gasteiger partial charge in [-0.05, 0) is 72.6 Å². The Kier molecular flexibility index (Phi) is 4.99. The minimum Gasteiger partial charge on any atom is -0.497 e. The van der Waals surface area contributed by atoms with E-state index in [9.17, 15) is 5.11 Å². The first-order valence-electron chi connectivity index (χ1n) is 10.4. The van der Waals surface area contributed by atoms with Gasteiger partial charge >= 0.3 is 0 Å². The Balaban J connectivity index is 1.63. The van der Waals surface area contributed by atoms with E-state index in [0.29, 0.717) is 12.8 Å². The standard InChI is InChI=1S/C25H30N2O2/c1-15(2)21-12-16(3)17(4)14-25(21,28)10-8-22-24-20(9-11-26-22)19-7-6-18(29-5)13-23(19)27-24/h6-7,12-15,27-28H,3,8-11H2,1-2,4-5H3. The summed E-state index contributed by atoms with van der Waals surface area (Å²) in [7, 11) is 1.69. The van der Waals surface area contributed by atoms with Gasteiger partial charge in [-0.3, -0.25) is 4.99 Å². The molecule has 4 rings (SSSR count). The van der Waals surface area contributed by atoms with Crippen molar-refractivity contribution in [3.63, 3.8) is 0 Å². The number of ether oxygens (including phenoxy) is 1. The molecule has 29 heavy (non-hydrogen) atoms. The van der Waals surface area contributed by atoms with E-state index in [1.54, 1.807) is 7.11 Å². The minimum atomic E-state index is -0.950. The zero-order valence-electron chi connectivity index (χ0n) is 17.8. The molecule has 1 atom stereocenters. The molecule has 152 valence electrons. The highest BCUT2D eigenvalue weighted by Gasteiger charge is 2.34. The van der Waals surface area contributed by atoms with Crippen LogP contribution in [0.5, 0.6) is 5.75 Å². The molecule has 2 N–H and O–H groups in total. The molecule has 4 nitrogen and oxygen atoms in total. The molecule has 2 aromatic rings. The summed E-state index contributed by atoms with van der Waals surface area (Å²) in [4.78, 5) is 8.37. The first-order valence-corrected chi connectivity index (χ1v) is 10.4. The third kappa shape index (κ3) is 3.46. The fourth-order valence-electron chi connectivity index (χ4n) is 4.61. The Morgan fingerprint density at radius 3 is 2.86 bits per heavy atom. The lowest BCUT2D eigenvalue weighted by Crippen LogP contribution is -2.35. The van der Waals surface area contributed by atoms with Crippen molar-refractivity contribution in [1.82, 2.24) is 4.98 Å². The van der Waals surface area contributed by atoms with E-state index < -0.39 is 5.60 Å². The van der Waals surface area contributed by atoms with E-state index in [2.05, 4.69) is 37.6 Å². The van der Waals surface area contributed by atoms with Crippen LogP contribution in [0.2, 0.25) is 0 Å². The number of aliphatic hydroxyl groups is 1. The summed E-state index contributed by atoms with van der Waals surface area (Å²) in [5.74, 6) is 1.10. The van der Waals surface area contributed by atoms with Crippen LogP contribution in [0.15, 0.2) is 58.6 Å². The third-order valence-corrected chi connectivity index (χ3v) is 6.22. The number of benzene rings is 1. The number of allylic oxidation sites excluding steroid dienone is 3. The number of methoxy groups -OCH3 is 1. The molecule has 2 aliphatic rings. The van der Waals surface area contributed by atoms with Crippen LogP contribution in [0.4, 0.5) is 0 Å². The summed E-state index contributed by atoms with van der Waals surface area (Å²) in [6, 6.07) is 6.17. The largest absolute Gasteiger partial charge is 0.497 e. The van der Waals surface area contributed by atoms with Crippen LogP contribution >= 0.6 is 0 Å². The minimum absolute atomic E-state index is 0.255. The Labute approximate surface area is 172 Å². The molecule has 1 aliphatic carbocycles. The number of hydrogen-bond acceptors (Lipinski definition) is 3. The van der Waals surface area contributed by atoms with Crippen LogP contribution in [0.25, 0.3) is 10.9 Å². The maximum atomic E-state index is 11.5. The number of nitrogens with zero attached hydrogens (tertiary/aromatic N) is 1. The van der Waals surface area contributed by atoms with Gasteiger partial charge in [0.2, 0.25) is 0 Å². The highest BCUT2D eigenvalue weighted by molar-refractivity contribution is 6.06. The SMILES string of the molecule is C=C1C=C(C(C)C)C(O)(CCC2=NCCc3c2[nH]c2cc(OC)ccc32)C=C1C. The van der Waals surface area contributed by atoms with Gasteiger partial charge < -0.3 is 14.8 Å². The number of aromatic amines is 1. The van der Waals surface area contributed by atoms with Gasteiger partial charge in [0, 0.05) is 23.5 Å². The van der Waals surface area contributed by atoms with Crippen LogP contribution in [0.1, 0.15) is 44.9 Å². The lowest BCUT2D eigenvalue weighted by molar-refractivity contribution is 0.110. The van der Waals surface area contributed by atoms with E-state index >= 15 is 0 Å². The van der Waals surface area contributed by atoms with Crippen molar-refractivity contribution >= 4 is 16.6 Å². The first kappa shape index (κ1) is 19.7. The molecule has 1 unspecified atom stereocenters. The van der Waals surface area contributed by atoms with Crippen molar-refractivity contribution in [3.8, 4) is 5.75 Å². The molecule has 1 aromatic carbocycles. The van der Waals surface area contributed by atoms with Crippen molar-refractivity contribution in [2.45, 2.75) is 45.6 Å². The molecule has 1 aliphatic heterocycles. The first-order chi connectivity index (χ1) is 13.8. The molecule has 0 spiro atoms. The molecule has 0 saturated heterocycles. The lowest BCUT2D eigenvalue weighted by atomic mass is 9.75. The summed E-state index contributed by atoms with van der Waals surface area (Å²) < 4.78 is 5.37. The predicted molar refractivity (Wildman–Crippen MR) is 120 cm³/mol. The van der Waals surface area contributed by atoms with Gasteiger partial charge in [-0.25, -0.2) is 0 Å². The molecule has 1 aromatic heterocycles. The van der Waals surface area contributed by atoms with Crippen molar-refractivity contribution in [3.05, 3.63) is 64.9 Å². The number of fused-ring (bicyclic) bond motifs is 3. The maximum absolute atomic E-state index is 11.5. The van der Waals surface area contributed by atoms with Crippen LogP contribution in [0.3, 0.4) is 0 Å². The highest BCUT2D eigenvalue weighted by atomic mass is 16.5. The quantitative estimate of drug-likeness (QED) is 0.743. The molecule has 0 fully saturated rings. The normalized spacial score (nSPS) is 21.7. The molecule has 0 saturated carbocycles. The number of aromatic nitrogens is 1. The molecule has 2 heterocycles. The van der Waals surface area contributed by atoms with Gasteiger partial charge in [0.25, 0.3) is 0 Å². The lowest BCUT2D eigenvalue weighted by Gasteiger charge is -2.35. The molecular weight excluding hydrogens is 360 g/mol. The number of aliphatic imine (C=N–C) groups is 1. The average molecular weight is 391 g/mol. The Bertz CT molecular complexity index is 1070. The summed E-state index contributed by atoms with van der Waals surface area (Å²) in [5, 5.41) is 12.7.